The molecule has 0 aliphatic carbocycles. The van der Waals surface area contributed by atoms with Crippen molar-refractivity contribution < 1.29 is 19.8 Å². The molecule has 0 aliphatic rings. The summed E-state index contributed by atoms with van der Waals surface area (Å²) in [6.45, 7) is 2.25. The second-order valence-electron chi connectivity index (χ2n) is 0.938. The molecule has 1 N–H and O–H groups in total. The van der Waals surface area contributed by atoms with E-state index in [9.17, 15) is 0 Å². The van der Waals surface area contributed by atoms with Gasteiger partial charge in [-0.15, -0.1) is 0 Å². The van der Waals surface area contributed by atoms with E-state index in [4.69, 9.17) is 5.11 Å². The quantitative estimate of drug-likeness (QED) is 0.729. The Morgan fingerprint density at radius 2 is 1.50 bits per heavy atom. The van der Waals surface area contributed by atoms with Crippen LogP contribution in [0.2, 0.25) is 0 Å². The Morgan fingerprint density at radius 3 is 1.50 bits per heavy atom. The van der Waals surface area contributed by atoms with Crippen LogP contribution < -0.4 is 0 Å². The van der Waals surface area contributed by atoms with Gasteiger partial charge in [0, 0.05) is 6.61 Å². The van der Waals surface area contributed by atoms with Crippen molar-refractivity contribution in [1.29, 1.82) is 0 Å². The van der Waals surface area contributed by atoms with Crippen molar-refractivity contribution in [3.63, 3.8) is 0 Å². The molecule has 51 valence electrons. The first-order valence-electron chi connectivity index (χ1n) is 2.09. The Balaban J connectivity index is 0. The van der Waals surface area contributed by atoms with Gasteiger partial charge in [0.15, 0.2) is 0 Å². The molecule has 0 fully saturated rings. The van der Waals surface area contributed by atoms with Crippen molar-refractivity contribution in [3.8, 4) is 0 Å². The van der Waals surface area contributed by atoms with Crippen molar-refractivity contribution in [3.05, 3.63) is 0 Å². The molecule has 0 saturated carbocycles. The molecule has 0 saturated heterocycles. The van der Waals surface area contributed by atoms with Crippen LogP contribution in [0.4, 0.5) is 0 Å². The van der Waals surface area contributed by atoms with Gasteiger partial charge < -0.3 is 5.11 Å². The summed E-state index contributed by atoms with van der Waals surface area (Å²) in [6, 6.07) is 0. The van der Waals surface area contributed by atoms with Crippen LogP contribution in [0.5, 0.6) is 0 Å². The van der Waals surface area contributed by atoms with E-state index >= 15 is 0 Å². The Morgan fingerprint density at radius 1 is 1.38 bits per heavy atom. The van der Waals surface area contributed by atoms with Crippen LogP contribution in [0, 0.1) is 0 Å². The third-order valence-corrected chi connectivity index (χ3v) is 0.224. The summed E-state index contributed by atoms with van der Waals surface area (Å²) >= 11 is 8.80. The van der Waals surface area contributed by atoms with Gasteiger partial charge in [0.2, 0.25) is 0 Å². The van der Waals surface area contributed by atoms with Crippen LogP contribution in [0.1, 0.15) is 13.3 Å². The van der Waals surface area contributed by atoms with E-state index in [2.05, 4.69) is 36.7 Å². The molecule has 0 amide bonds. The van der Waals surface area contributed by atoms with Gasteiger partial charge in [-0.05, 0) is 6.42 Å². The van der Waals surface area contributed by atoms with Gasteiger partial charge in [0.05, 0.1) is 0 Å². The number of aliphatic hydroxyl groups is 1. The van der Waals surface area contributed by atoms with Crippen molar-refractivity contribution in [2.75, 3.05) is 6.61 Å². The minimum absolute atomic E-state index is 0.319. The van der Waals surface area contributed by atoms with Crippen LogP contribution in [-0.4, -0.2) is 11.7 Å². The summed E-state index contributed by atoms with van der Waals surface area (Å²) in [5, 5.41) is 7.88. The van der Waals surface area contributed by atoms with E-state index in [1.54, 1.807) is 0 Å². The molecular weight excluding hydrogens is 383 g/mol. The van der Waals surface area contributed by atoms with E-state index in [0.29, 0.717) is 6.61 Å². The molecule has 0 aromatic rings. The summed E-state index contributed by atoms with van der Waals surface area (Å²) < 4.78 is 0. The number of hydrogen-bond donors (Lipinski definition) is 1. The molecule has 0 aromatic carbocycles. The van der Waals surface area contributed by atoms with Gasteiger partial charge in [-0.25, -0.2) is 0 Å². The van der Waals surface area contributed by atoms with Gasteiger partial charge >= 0.3 is 51.4 Å². The number of halogens is 3. The Bertz CT molecular complexity index is 31.0. The first-order chi connectivity index (χ1) is 3.65. The second kappa shape index (κ2) is 12.0. The maximum absolute atomic E-state index is 7.88. The molecule has 0 heterocycles. The summed E-state index contributed by atoms with van der Waals surface area (Å²) in [5.74, 6) is 0. The predicted molar refractivity (Wildman–Crippen MR) is 44.2 cm³/mol. The third-order valence-electron chi connectivity index (χ3n) is 0.224. The SMILES string of the molecule is CCCO.[Br][Zr]([Br])[Br]. The summed E-state index contributed by atoms with van der Waals surface area (Å²) in [6.07, 6.45) is 0.875. The zero-order valence-corrected chi connectivity index (χ0v) is 11.7. The molecule has 0 spiro atoms. The van der Waals surface area contributed by atoms with Gasteiger partial charge in [0.1, 0.15) is 0 Å². The van der Waals surface area contributed by atoms with Crippen molar-refractivity contribution in [2.24, 2.45) is 0 Å². The van der Waals surface area contributed by atoms with Crippen LogP contribution >= 0.6 is 36.7 Å². The molecule has 0 aliphatic heterocycles. The van der Waals surface area contributed by atoms with Gasteiger partial charge in [-0.2, -0.15) is 0 Å². The Kier molecular flexibility index (Phi) is 19.4. The topological polar surface area (TPSA) is 20.2 Å². The zero-order chi connectivity index (χ0) is 6.99. The predicted octanol–water partition coefficient (Wildman–Crippen LogP) is 2.92. The van der Waals surface area contributed by atoms with Crippen LogP contribution in [0.3, 0.4) is 0 Å². The molecule has 1 nitrogen and oxygen atoms in total. The van der Waals surface area contributed by atoms with E-state index in [-0.39, 0.29) is 0 Å². The van der Waals surface area contributed by atoms with E-state index in [1.165, 1.54) is 0 Å². The molecule has 5 heteroatoms. The normalized spacial score (nSPS) is 7.12. The third kappa shape index (κ3) is 40.8. The van der Waals surface area contributed by atoms with E-state index in [1.807, 2.05) is 6.92 Å². The van der Waals surface area contributed by atoms with Gasteiger partial charge in [0.25, 0.3) is 0 Å². The number of hydrogen-bond acceptors (Lipinski definition) is 1. The van der Waals surface area contributed by atoms with E-state index in [0.717, 1.165) is 6.42 Å². The Labute approximate surface area is 75.3 Å². The fraction of sp³-hybridized carbons (Fsp3) is 1.00. The van der Waals surface area contributed by atoms with Gasteiger partial charge in [-0.1, -0.05) is 6.92 Å². The molecule has 0 unspecified atom stereocenters. The summed E-state index contributed by atoms with van der Waals surface area (Å²) in [5.41, 5.74) is 0. The Hall–Kier alpha value is 2.28. The molecule has 0 radical (unpaired) electrons. The standard InChI is InChI=1S/C3H8O.3BrH.Zr/c1-2-3-4;;;;/h4H,2-3H2,1H3;3*1H;/q;;;;+3/p-3. The number of aliphatic hydroxyl groups excluding tert-OH is 1. The van der Waals surface area contributed by atoms with E-state index < -0.39 is 14.7 Å². The fourth-order valence-corrected chi connectivity index (χ4v) is 0. The van der Waals surface area contributed by atoms with Crippen molar-refractivity contribution >= 4 is 36.7 Å². The zero-order valence-electron chi connectivity index (χ0n) is 4.50. The second-order valence-corrected chi connectivity index (χ2v) is 35.0. The summed E-state index contributed by atoms with van der Waals surface area (Å²) in [4.78, 5) is 0. The molecule has 0 bridgehead atoms. The molecular formula is C3H8Br3OZr. The maximum atomic E-state index is 7.88. The minimum atomic E-state index is -1.11. The molecule has 8 heavy (non-hydrogen) atoms. The molecule has 0 atom stereocenters. The molecule has 0 aromatic heterocycles. The number of rotatable bonds is 1. The molecule has 0 rings (SSSR count). The summed E-state index contributed by atoms with van der Waals surface area (Å²) in [7, 11) is 0. The fourth-order valence-electron chi connectivity index (χ4n) is 0. The first-order valence-corrected chi connectivity index (χ1v) is 19.0. The average Bonchev–Trinajstić information content (AvgIpc) is 1.65. The van der Waals surface area contributed by atoms with Gasteiger partial charge in [-0.3, -0.25) is 0 Å². The first kappa shape index (κ1) is 12.9. The van der Waals surface area contributed by atoms with Crippen LogP contribution in [-0.2, 0) is 14.7 Å². The van der Waals surface area contributed by atoms with Crippen LogP contribution in [0.25, 0.3) is 0 Å². The monoisotopic (exact) mass is 387 g/mol. The van der Waals surface area contributed by atoms with Crippen molar-refractivity contribution in [2.45, 2.75) is 13.3 Å². The van der Waals surface area contributed by atoms with Crippen molar-refractivity contribution in [1.82, 2.24) is 0 Å². The average molecular weight is 391 g/mol. The van der Waals surface area contributed by atoms with Crippen LogP contribution in [0.15, 0.2) is 0 Å².